The molecule has 5 aliphatic rings. The number of rotatable bonds is 1. The van der Waals surface area contributed by atoms with Gasteiger partial charge in [-0.15, -0.1) is 0 Å². The second kappa shape index (κ2) is 5.12. The van der Waals surface area contributed by atoms with E-state index < -0.39 is 0 Å². The van der Waals surface area contributed by atoms with Gasteiger partial charge in [0.1, 0.15) is 0 Å². The van der Waals surface area contributed by atoms with Crippen molar-refractivity contribution in [1.82, 2.24) is 4.98 Å². The highest BCUT2D eigenvalue weighted by atomic mass is 15.3. The minimum Gasteiger partial charge on any atom is -0.353 e. The molecule has 7 rings (SSSR count). The Labute approximate surface area is 156 Å². The molecule has 0 radical (unpaired) electrons. The van der Waals surface area contributed by atoms with E-state index in [0.717, 1.165) is 23.7 Å². The predicted molar refractivity (Wildman–Crippen MR) is 105 cm³/mol. The molecule has 2 nitrogen and oxygen atoms in total. The Morgan fingerprint density at radius 3 is 2.31 bits per heavy atom. The van der Waals surface area contributed by atoms with Crippen molar-refractivity contribution in [3.05, 3.63) is 59.4 Å². The van der Waals surface area contributed by atoms with Crippen LogP contribution in [0.15, 0.2) is 42.6 Å². The van der Waals surface area contributed by atoms with E-state index in [1.54, 1.807) is 5.56 Å². The largest absolute Gasteiger partial charge is 0.353 e. The van der Waals surface area contributed by atoms with Crippen LogP contribution in [0.4, 0.5) is 5.69 Å². The Morgan fingerprint density at radius 2 is 1.62 bits per heavy atom. The average Bonchev–Trinajstić information content (AvgIpc) is 2.90. The molecule has 1 atom stereocenters. The zero-order valence-electron chi connectivity index (χ0n) is 15.9. The van der Waals surface area contributed by atoms with E-state index in [-0.39, 0.29) is 5.54 Å². The summed E-state index contributed by atoms with van der Waals surface area (Å²) in [5, 5.41) is 0. The number of aromatic nitrogens is 1. The Hall–Kier alpha value is -1.83. The Bertz CT molecular complexity index is 842. The molecule has 4 saturated carbocycles. The van der Waals surface area contributed by atoms with E-state index in [0.29, 0.717) is 6.04 Å². The fraction of sp³-hybridized carbons (Fsp3) is 0.542. The molecule has 4 bridgehead atoms. The van der Waals surface area contributed by atoms with Gasteiger partial charge in [-0.05, 0) is 87.3 Å². The first-order chi connectivity index (χ1) is 12.7. The van der Waals surface area contributed by atoms with E-state index in [1.807, 2.05) is 6.20 Å². The van der Waals surface area contributed by atoms with Crippen molar-refractivity contribution < 1.29 is 0 Å². The molecule has 0 saturated heterocycles. The zero-order chi connectivity index (χ0) is 17.5. The lowest BCUT2D eigenvalue weighted by Crippen LogP contribution is -2.62. The number of hydrogen-bond donors (Lipinski definition) is 0. The van der Waals surface area contributed by atoms with Crippen molar-refractivity contribution in [2.24, 2.45) is 23.7 Å². The van der Waals surface area contributed by atoms with Gasteiger partial charge in [-0.3, -0.25) is 4.98 Å². The molecule has 1 aliphatic heterocycles. The monoisotopic (exact) mass is 344 g/mol. The highest BCUT2D eigenvalue weighted by molar-refractivity contribution is 5.63. The summed E-state index contributed by atoms with van der Waals surface area (Å²) < 4.78 is 0. The maximum Gasteiger partial charge on any atom is 0.0735 e. The minimum atomic E-state index is 0.183. The molecule has 1 aromatic heterocycles. The maximum absolute atomic E-state index is 4.91. The maximum atomic E-state index is 4.91. The third-order valence-electron chi connectivity index (χ3n) is 8.21. The summed E-state index contributed by atoms with van der Waals surface area (Å²) in [7, 11) is 0. The van der Waals surface area contributed by atoms with E-state index in [2.05, 4.69) is 55.1 Å². The first-order valence-corrected chi connectivity index (χ1v) is 10.5. The first kappa shape index (κ1) is 15.2. The molecular weight excluding hydrogens is 316 g/mol. The van der Waals surface area contributed by atoms with Crippen molar-refractivity contribution in [2.75, 3.05) is 4.90 Å². The second-order valence-corrected chi connectivity index (χ2v) is 9.40. The Balaban J connectivity index is 1.62. The van der Waals surface area contributed by atoms with Gasteiger partial charge in [0.2, 0.25) is 0 Å². The average molecular weight is 345 g/mol. The second-order valence-electron chi connectivity index (χ2n) is 9.40. The summed E-state index contributed by atoms with van der Waals surface area (Å²) in [6.07, 6.45) is 9.21. The molecule has 2 aromatic rings. The number of anilines is 1. The lowest BCUT2D eigenvalue weighted by atomic mass is 9.47. The molecule has 2 heteroatoms. The number of pyridine rings is 1. The van der Waals surface area contributed by atoms with Gasteiger partial charge in [-0.2, -0.15) is 0 Å². The third kappa shape index (κ3) is 1.71. The molecule has 4 aliphatic carbocycles. The van der Waals surface area contributed by atoms with Gasteiger partial charge >= 0.3 is 0 Å². The fourth-order valence-corrected chi connectivity index (χ4v) is 7.64. The van der Waals surface area contributed by atoms with E-state index in [4.69, 9.17) is 4.98 Å². The molecule has 1 aromatic carbocycles. The lowest BCUT2D eigenvalue weighted by Gasteiger charge is -2.64. The first-order valence-electron chi connectivity index (χ1n) is 10.5. The van der Waals surface area contributed by atoms with Crippen LogP contribution < -0.4 is 4.90 Å². The zero-order valence-corrected chi connectivity index (χ0v) is 15.9. The number of nitrogens with zero attached hydrogens (tertiary/aromatic N) is 2. The van der Waals surface area contributed by atoms with E-state index in [1.165, 1.54) is 49.0 Å². The summed E-state index contributed by atoms with van der Waals surface area (Å²) in [4.78, 5) is 7.74. The molecule has 1 unspecified atom stereocenters. The van der Waals surface area contributed by atoms with Crippen molar-refractivity contribution in [2.45, 2.75) is 57.5 Å². The fourth-order valence-electron chi connectivity index (χ4n) is 7.64. The van der Waals surface area contributed by atoms with Gasteiger partial charge in [0.15, 0.2) is 0 Å². The lowest BCUT2D eigenvalue weighted by molar-refractivity contribution is -0.0602. The van der Waals surface area contributed by atoms with Crippen LogP contribution in [0.5, 0.6) is 0 Å². The molecule has 0 amide bonds. The van der Waals surface area contributed by atoms with Crippen LogP contribution in [0.3, 0.4) is 0 Å². The Morgan fingerprint density at radius 1 is 0.923 bits per heavy atom. The molecule has 1 spiro atoms. The normalized spacial score (nSPS) is 39.6. The highest BCUT2D eigenvalue weighted by Crippen LogP contribution is 2.68. The van der Waals surface area contributed by atoms with E-state index >= 15 is 0 Å². The number of benzene rings is 1. The van der Waals surface area contributed by atoms with Gasteiger partial charge < -0.3 is 4.90 Å². The number of aryl methyl sites for hydroxylation is 1. The van der Waals surface area contributed by atoms with Crippen LogP contribution in [0, 0.1) is 30.6 Å². The number of para-hydroxylation sites is 1. The van der Waals surface area contributed by atoms with Crippen LogP contribution in [0.1, 0.15) is 61.9 Å². The van der Waals surface area contributed by atoms with Crippen molar-refractivity contribution in [3.8, 4) is 0 Å². The SMILES string of the molecule is Cc1ccccc1N1C(C)c2ncccc2C12C1CC3CC(C1)CC2C3. The van der Waals surface area contributed by atoms with Crippen LogP contribution in [-0.4, -0.2) is 4.98 Å². The van der Waals surface area contributed by atoms with Gasteiger partial charge in [0, 0.05) is 17.4 Å². The van der Waals surface area contributed by atoms with E-state index in [9.17, 15) is 0 Å². The summed E-state index contributed by atoms with van der Waals surface area (Å²) in [5.74, 6) is 3.56. The van der Waals surface area contributed by atoms with Crippen LogP contribution in [0.25, 0.3) is 0 Å². The standard InChI is InChI=1S/C24H28N2/c1-15-6-3-4-8-22(15)26-16(2)23-21(7-5-9-25-23)24(26)19-11-17-10-18(13-19)14-20(24)12-17/h3-9,16-20H,10-14H2,1-2H3. The summed E-state index contributed by atoms with van der Waals surface area (Å²) in [6, 6.07) is 14.0. The van der Waals surface area contributed by atoms with Gasteiger partial charge in [0.05, 0.1) is 17.3 Å². The molecule has 134 valence electrons. The molecule has 26 heavy (non-hydrogen) atoms. The smallest absolute Gasteiger partial charge is 0.0735 e. The van der Waals surface area contributed by atoms with Crippen molar-refractivity contribution >= 4 is 5.69 Å². The quantitative estimate of drug-likeness (QED) is 0.667. The summed E-state index contributed by atoms with van der Waals surface area (Å²) in [6.45, 7) is 4.67. The van der Waals surface area contributed by atoms with Crippen molar-refractivity contribution in [1.29, 1.82) is 0 Å². The number of fused-ring (bicyclic) bond motifs is 1. The van der Waals surface area contributed by atoms with Crippen LogP contribution in [-0.2, 0) is 5.54 Å². The van der Waals surface area contributed by atoms with Gasteiger partial charge in [-0.25, -0.2) is 0 Å². The molecule has 2 heterocycles. The highest BCUT2D eigenvalue weighted by Gasteiger charge is 2.64. The third-order valence-corrected chi connectivity index (χ3v) is 8.21. The van der Waals surface area contributed by atoms with Crippen molar-refractivity contribution in [3.63, 3.8) is 0 Å². The minimum absolute atomic E-state index is 0.183. The molecule has 0 N–H and O–H groups in total. The number of hydrogen-bond acceptors (Lipinski definition) is 2. The predicted octanol–water partition coefficient (Wildman–Crippen LogP) is 5.62. The topological polar surface area (TPSA) is 16.1 Å². The van der Waals surface area contributed by atoms with Crippen LogP contribution in [0.2, 0.25) is 0 Å². The Kier molecular flexibility index (Phi) is 3.00. The molecular formula is C24H28N2. The van der Waals surface area contributed by atoms with Crippen LogP contribution >= 0.6 is 0 Å². The van der Waals surface area contributed by atoms with Gasteiger partial charge in [-0.1, -0.05) is 24.3 Å². The summed E-state index contributed by atoms with van der Waals surface area (Å²) >= 11 is 0. The van der Waals surface area contributed by atoms with Gasteiger partial charge in [0.25, 0.3) is 0 Å². The molecule has 4 fully saturated rings. The summed E-state index contributed by atoms with van der Waals surface area (Å²) in [5.41, 5.74) is 5.92.